The van der Waals surface area contributed by atoms with Crippen LogP contribution in [0.3, 0.4) is 0 Å². The van der Waals surface area contributed by atoms with Gasteiger partial charge in [0.25, 0.3) is 5.91 Å². The Labute approximate surface area is 165 Å². The van der Waals surface area contributed by atoms with Crippen molar-refractivity contribution in [3.63, 3.8) is 0 Å². The molecule has 0 spiro atoms. The number of likely N-dealkylation sites (tertiary alicyclic amines) is 1. The van der Waals surface area contributed by atoms with E-state index in [1.807, 2.05) is 21.7 Å². The molecular weight excluding hydrogens is 354 g/mol. The van der Waals surface area contributed by atoms with Crippen LogP contribution in [0.4, 0.5) is 0 Å². The van der Waals surface area contributed by atoms with Crippen molar-refractivity contribution in [2.45, 2.75) is 57.8 Å². The van der Waals surface area contributed by atoms with Gasteiger partial charge in [-0.05, 0) is 57.1 Å². The number of fused-ring (bicyclic) bond motifs is 1. The Balaban J connectivity index is 1.51. The zero-order chi connectivity index (χ0) is 19.1. The number of amides is 1. The molecule has 3 aliphatic rings. The smallest absolute Gasteiger partial charge is 0.275 e. The van der Waals surface area contributed by atoms with Gasteiger partial charge < -0.3 is 14.4 Å². The van der Waals surface area contributed by atoms with E-state index in [2.05, 4.69) is 19.1 Å². The van der Waals surface area contributed by atoms with Crippen LogP contribution in [0.5, 0.6) is 0 Å². The summed E-state index contributed by atoms with van der Waals surface area (Å²) in [7, 11) is 0. The third-order valence-electron chi connectivity index (χ3n) is 6.25. The summed E-state index contributed by atoms with van der Waals surface area (Å²) < 4.78 is 13.5. The van der Waals surface area contributed by atoms with Gasteiger partial charge in [-0.1, -0.05) is 18.2 Å². The molecule has 6 heteroatoms. The number of ether oxygens (including phenoxy) is 2. The topological polar surface area (TPSA) is 56.6 Å². The predicted molar refractivity (Wildman–Crippen MR) is 105 cm³/mol. The molecule has 1 atom stereocenters. The zero-order valence-corrected chi connectivity index (χ0v) is 16.4. The number of hydrogen-bond donors (Lipinski definition) is 0. The van der Waals surface area contributed by atoms with E-state index in [9.17, 15) is 4.79 Å². The van der Waals surface area contributed by atoms with Gasteiger partial charge in [-0.15, -0.1) is 0 Å². The van der Waals surface area contributed by atoms with Crippen molar-refractivity contribution >= 4 is 5.91 Å². The molecule has 1 aliphatic carbocycles. The first-order valence-corrected chi connectivity index (χ1v) is 10.4. The Morgan fingerprint density at radius 1 is 1.11 bits per heavy atom. The van der Waals surface area contributed by atoms with Crippen LogP contribution in [0.15, 0.2) is 24.3 Å². The van der Waals surface area contributed by atoms with Crippen molar-refractivity contribution in [2.75, 3.05) is 19.8 Å². The van der Waals surface area contributed by atoms with Crippen LogP contribution in [0.2, 0.25) is 0 Å². The molecule has 2 aromatic rings. The number of aromatic nitrogens is 2. The van der Waals surface area contributed by atoms with E-state index in [0.29, 0.717) is 18.9 Å². The maximum Gasteiger partial charge on any atom is 0.275 e. The fraction of sp³-hybridized carbons (Fsp3) is 0.545. The first-order valence-electron chi connectivity index (χ1n) is 10.4. The van der Waals surface area contributed by atoms with Gasteiger partial charge in [0.15, 0.2) is 12.0 Å². The summed E-state index contributed by atoms with van der Waals surface area (Å²) in [6, 6.07) is 8.23. The monoisotopic (exact) mass is 381 g/mol. The molecular formula is C22H27N3O3. The molecule has 3 heterocycles. The van der Waals surface area contributed by atoms with Crippen molar-refractivity contribution in [2.24, 2.45) is 0 Å². The molecule has 6 nitrogen and oxygen atoms in total. The summed E-state index contributed by atoms with van der Waals surface area (Å²) in [5.41, 5.74) is 5.19. The third-order valence-corrected chi connectivity index (χ3v) is 6.25. The molecule has 5 rings (SSSR count). The Morgan fingerprint density at radius 2 is 1.93 bits per heavy atom. The number of nitrogens with zero attached hydrogens (tertiary/aromatic N) is 3. The van der Waals surface area contributed by atoms with E-state index < -0.39 is 0 Å². The molecule has 1 amide bonds. The van der Waals surface area contributed by atoms with Crippen molar-refractivity contribution in [1.29, 1.82) is 0 Å². The molecule has 0 radical (unpaired) electrons. The lowest BCUT2D eigenvalue weighted by Gasteiger charge is -2.37. The highest BCUT2D eigenvalue weighted by atomic mass is 16.7. The second-order valence-corrected chi connectivity index (χ2v) is 8.00. The van der Waals surface area contributed by atoms with E-state index in [4.69, 9.17) is 14.6 Å². The fourth-order valence-corrected chi connectivity index (χ4v) is 4.84. The second-order valence-electron chi connectivity index (χ2n) is 8.00. The van der Waals surface area contributed by atoms with Gasteiger partial charge in [-0.2, -0.15) is 5.10 Å². The van der Waals surface area contributed by atoms with Gasteiger partial charge >= 0.3 is 0 Å². The highest BCUT2D eigenvalue weighted by Crippen LogP contribution is 2.32. The molecule has 1 aromatic heterocycles. The zero-order valence-electron chi connectivity index (χ0n) is 16.4. The molecule has 1 aromatic carbocycles. The van der Waals surface area contributed by atoms with Gasteiger partial charge in [0, 0.05) is 17.8 Å². The summed E-state index contributed by atoms with van der Waals surface area (Å²) in [6.45, 7) is 4.06. The summed E-state index contributed by atoms with van der Waals surface area (Å²) >= 11 is 0. The summed E-state index contributed by atoms with van der Waals surface area (Å²) in [6.07, 6.45) is 5.74. The van der Waals surface area contributed by atoms with Crippen LogP contribution in [0, 0.1) is 6.92 Å². The molecule has 2 saturated heterocycles. The average Bonchev–Trinajstić information content (AvgIpc) is 3.46. The maximum atomic E-state index is 13.6. The minimum absolute atomic E-state index is 0.00980. The van der Waals surface area contributed by atoms with Crippen molar-refractivity contribution in [3.05, 3.63) is 46.8 Å². The number of carbonyl (C=O) groups is 1. The first-order chi connectivity index (χ1) is 13.7. The van der Waals surface area contributed by atoms with Crippen LogP contribution >= 0.6 is 0 Å². The minimum atomic E-state index is -0.296. The lowest BCUT2D eigenvalue weighted by molar-refractivity contribution is -0.100. The van der Waals surface area contributed by atoms with E-state index in [0.717, 1.165) is 56.3 Å². The maximum absolute atomic E-state index is 13.6. The lowest BCUT2D eigenvalue weighted by atomic mass is 10.0. The highest BCUT2D eigenvalue weighted by Gasteiger charge is 2.39. The molecule has 1 unspecified atom stereocenters. The molecule has 0 N–H and O–H groups in total. The largest absolute Gasteiger partial charge is 0.348 e. The summed E-state index contributed by atoms with van der Waals surface area (Å²) in [4.78, 5) is 15.6. The van der Waals surface area contributed by atoms with Crippen molar-refractivity contribution in [1.82, 2.24) is 14.7 Å². The summed E-state index contributed by atoms with van der Waals surface area (Å²) in [5, 5.41) is 4.84. The minimum Gasteiger partial charge on any atom is -0.348 e. The van der Waals surface area contributed by atoms with Crippen LogP contribution in [0.25, 0.3) is 5.69 Å². The number of hydrogen-bond acceptors (Lipinski definition) is 4. The van der Waals surface area contributed by atoms with Gasteiger partial charge in [0.05, 0.1) is 24.9 Å². The summed E-state index contributed by atoms with van der Waals surface area (Å²) in [5.74, 6) is 0.0364. The van der Waals surface area contributed by atoms with E-state index in [-0.39, 0.29) is 18.2 Å². The molecule has 2 fully saturated rings. The van der Waals surface area contributed by atoms with Gasteiger partial charge in [0.2, 0.25) is 0 Å². The highest BCUT2D eigenvalue weighted by molar-refractivity contribution is 5.94. The Kier molecular flexibility index (Phi) is 4.69. The van der Waals surface area contributed by atoms with Crippen molar-refractivity contribution < 1.29 is 14.3 Å². The fourth-order valence-electron chi connectivity index (χ4n) is 4.84. The normalized spacial score (nSPS) is 22.6. The molecule has 2 aliphatic heterocycles. The van der Waals surface area contributed by atoms with E-state index >= 15 is 0 Å². The van der Waals surface area contributed by atoms with E-state index in [1.54, 1.807) is 0 Å². The first kappa shape index (κ1) is 17.9. The SMILES string of the molecule is Cc1ccccc1-n1nc(C(=O)N2CCCCC2C2OCCO2)c2c1CCC2. The number of piperidine rings is 1. The molecule has 148 valence electrons. The van der Waals surface area contributed by atoms with Crippen molar-refractivity contribution in [3.8, 4) is 5.69 Å². The third kappa shape index (κ3) is 2.95. The molecule has 0 saturated carbocycles. The predicted octanol–water partition coefficient (Wildman–Crippen LogP) is 3.04. The Bertz CT molecular complexity index is 885. The van der Waals surface area contributed by atoms with Crippen LogP contribution in [0.1, 0.15) is 53.0 Å². The number of para-hydroxylation sites is 1. The quantitative estimate of drug-likeness (QED) is 0.820. The second kappa shape index (κ2) is 7.33. The number of aryl methyl sites for hydroxylation is 1. The van der Waals surface area contributed by atoms with Gasteiger partial charge in [-0.25, -0.2) is 4.68 Å². The van der Waals surface area contributed by atoms with Gasteiger partial charge in [-0.3, -0.25) is 4.79 Å². The van der Waals surface area contributed by atoms with E-state index in [1.165, 1.54) is 11.3 Å². The molecule has 28 heavy (non-hydrogen) atoms. The van der Waals surface area contributed by atoms with Crippen LogP contribution < -0.4 is 0 Å². The number of carbonyl (C=O) groups excluding carboxylic acids is 1. The standard InChI is InChI=1S/C22H27N3O3/c1-15-7-2-3-9-17(15)25-18-11-6-8-16(18)20(23-25)21(26)24-12-5-4-10-19(24)22-27-13-14-28-22/h2-3,7,9,19,22H,4-6,8,10-14H2,1H3. The average molecular weight is 381 g/mol. The Hall–Kier alpha value is -2.18. The Morgan fingerprint density at radius 3 is 2.75 bits per heavy atom. The van der Waals surface area contributed by atoms with Crippen LogP contribution in [-0.4, -0.2) is 52.7 Å². The number of benzene rings is 1. The molecule has 0 bridgehead atoms. The number of rotatable bonds is 3. The van der Waals surface area contributed by atoms with Gasteiger partial charge in [0.1, 0.15) is 0 Å². The van der Waals surface area contributed by atoms with Crippen LogP contribution in [-0.2, 0) is 22.3 Å². The lowest BCUT2D eigenvalue weighted by Crippen LogP contribution is -2.50.